The molecule has 0 saturated carbocycles. The van der Waals surface area contributed by atoms with Crippen LogP contribution in [0.25, 0.3) is 11.3 Å². The van der Waals surface area contributed by atoms with Crippen LogP contribution in [0.4, 0.5) is 13.2 Å². The number of benzene rings is 2. The highest BCUT2D eigenvalue weighted by Gasteiger charge is 2.30. The number of aromatic nitrogens is 2. The van der Waals surface area contributed by atoms with E-state index in [0.717, 1.165) is 22.2 Å². The van der Waals surface area contributed by atoms with E-state index in [2.05, 4.69) is 21.0 Å². The minimum atomic E-state index is -4.40. The Morgan fingerprint density at radius 2 is 1.81 bits per heavy atom. The van der Waals surface area contributed by atoms with Crippen LogP contribution >= 0.6 is 15.9 Å². The molecule has 8 heteroatoms. The summed E-state index contributed by atoms with van der Waals surface area (Å²) in [6.07, 6.45) is -4.40. The van der Waals surface area contributed by atoms with Crippen LogP contribution in [0.5, 0.6) is 11.6 Å². The zero-order chi connectivity index (χ0) is 18.7. The van der Waals surface area contributed by atoms with Gasteiger partial charge in [-0.15, -0.1) is 0 Å². The van der Waals surface area contributed by atoms with E-state index in [0.29, 0.717) is 11.6 Å². The molecule has 0 aliphatic rings. The minimum absolute atomic E-state index is 0.150. The lowest BCUT2D eigenvalue weighted by Crippen LogP contribution is -2.06. The van der Waals surface area contributed by atoms with Gasteiger partial charge in [0.2, 0.25) is 5.88 Å². The molecule has 0 spiro atoms. The van der Waals surface area contributed by atoms with Crippen molar-refractivity contribution >= 4 is 15.9 Å². The SMILES string of the molecule is OCCn1nc(-c2cccc(Br)c2)cc1Oc1ccc(C(F)(F)F)cc1. The number of halogens is 4. The Morgan fingerprint density at radius 1 is 1.08 bits per heavy atom. The first-order valence-electron chi connectivity index (χ1n) is 7.66. The molecule has 0 unspecified atom stereocenters. The first-order valence-corrected chi connectivity index (χ1v) is 8.46. The zero-order valence-corrected chi connectivity index (χ0v) is 15.0. The van der Waals surface area contributed by atoms with Gasteiger partial charge in [-0.05, 0) is 36.4 Å². The molecule has 0 saturated heterocycles. The maximum atomic E-state index is 12.6. The number of aliphatic hydroxyl groups excluding tert-OH is 1. The number of aliphatic hydroxyl groups is 1. The summed E-state index contributed by atoms with van der Waals surface area (Å²) in [5.41, 5.74) is 0.721. The first kappa shape index (κ1) is 18.5. The van der Waals surface area contributed by atoms with Crippen molar-refractivity contribution in [2.45, 2.75) is 12.7 Å². The van der Waals surface area contributed by atoms with E-state index < -0.39 is 11.7 Å². The highest BCUT2D eigenvalue weighted by molar-refractivity contribution is 9.10. The van der Waals surface area contributed by atoms with Gasteiger partial charge >= 0.3 is 6.18 Å². The Morgan fingerprint density at radius 3 is 2.42 bits per heavy atom. The van der Waals surface area contributed by atoms with Crippen LogP contribution in [0.1, 0.15) is 5.56 Å². The van der Waals surface area contributed by atoms with E-state index in [1.54, 1.807) is 6.07 Å². The summed E-state index contributed by atoms with van der Waals surface area (Å²) < 4.78 is 46.0. The molecule has 1 aromatic heterocycles. The molecule has 0 amide bonds. The van der Waals surface area contributed by atoms with Crippen molar-refractivity contribution in [3.8, 4) is 22.9 Å². The topological polar surface area (TPSA) is 47.3 Å². The molecule has 136 valence electrons. The molecule has 2 aromatic carbocycles. The van der Waals surface area contributed by atoms with Crippen LogP contribution in [0.2, 0.25) is 0 Å². The van der Waals surface area contributed by atoms with Crippen LogP contribution in [0.15, 0.2) is 59.1 Å². The van der Waals surface area contributed by atoms with Gasteiger partial charge in [-0.2, -0.15) is 18.3 Å². The summed E-state index contributed by atoms with van der Waals surface area (Å²) >= 11 is 3.39. The lowest BCUT2D eigenvalue weighted by molar-refractivity contribution is -0.137. The van der Waals surface area contributed by atoms with Gasteiger partial charge in [0.15, 0.2) is 0 Å². The van der Waals surface area contributed by atoms with Crippen molar-refractivity contribution in [3.63, 3.8) is 0 Å². The summed E-state index contributed by atoms with van der Waals surface area (Å²) in [4.78, 5) is 0. The maximum absolute atomic E-state index is 12.6. The Balaban J connectivity index is 1.89. The second-order valence-corrected chi connectivity index (χ2v) is 6.36. The monoisotopic (exact) mass is 426 g/mol. The van der Waals surface area contributed by atoms with Crippen LogP contribution < -0.4 is 4.74 Å². The highest BCUT2D eigenvalue weighted by Crippen LogP contribution is 2.32. The largest absolute Gasteiger partial charge is 0.439 e. The van der Waals surface area contributed by atoms with Gasteiger partial charge < -0.3 is 9.84 Å². The van der Waals surface area contributed by atoms with Crippen LogP contribution in [0.3, 0.4) is 0 Å². The fraction of sp³-hybridized carbons (Fsp3) is 0.167. The van der Waals surface area contributed by atoms with Gasteiger partial charge in [0.25, 0.3) is 0 Å². The third kappa shape index (κ3) is 4.25. The summed E-state index contributed by atoms with van der Waals surface area (Å²) in [6, 6.07) is 13.6. The Bertz CT molecular complexity index is 892. The quantitative estimate of drug-likeness (QED) is 0.615. The van der Waals surface area contributed by atoms with Crippen LogP contribution in [0, 0.1) is 0 Å². The summed E-state index contributed by atoms with van der Waals surface area (Å²) in [7, 11) is 0. The summed E-state index contributed by atoms with van der Waals surface area (Å²) in [6.45, 7) is 0.0486. The summed E-state index contributed by atoms with van der Waals surface area (Å²) in [5.74, 6) is 0.576. The number of alkyl halides is 3. The lowest BCUT2D eigenvalue weighted by atomic mass is 10.2. The molecule has 26 heavy (non-hydrogen) atoms. The van der Waals surface area contributed by atoms with Gasteiger partial charge in [-0.25, -0.2) is 4.68 Å². The second kappa shape index (κ2) is 7.51. The predicted octanol–water partition coefficient (Wildman–Crippen LogP) is 5.12. The molecule has 0 aliphatic heterocycles. The van der Waals surface area contributed by atoms with Crippen molar-refractivity contribution in [3.05, 3.63) is 64.6 Å². The van der Waals surface area contributed by atoms with Gasteiger partial charge in [0, 0.05) is 16.1 Å². The molecule has 0 fully saturated rings. The number of hydrogen-bond acceptors (Lipinski definition) is 3. The normalized spacial score (nSPS) is 11.6. The molecule has 1 heterocycles. The number of nitrogens with zero attached hydrogens (tertiary/aromatic N) is 2. The minimum Gasteiger partial charge on any atom is -0.439 e. The van der Waals surface area contributed by atoms with Crippen LogP contribution in [-0.4, -0.2) is 21.5 Å². The molecule has 0 bridgehead atoms. The number of hydrogen-bond donors (Lipinski definition) is 1. The van der Waals surface area contributed by atoms with Crippen molar-refractivity contribution < 1.29 is 23.0 Å². The second-order valence-electron chi connectivity index (χ2n) is 5.45. The van der Waals surface area contributed by atoms with Gasteiger partial charge in [-0.3, -0.25) is 0 Å². The van der Waals surface area contributed by atoms with E-state index >= 15 is 0 Å². The highest BCUT2D eigenvalue weighted by atomic mass is 79.9. The molecular formula is C18H14BrF3N2O2. The van der Waals surface area contributed by atoms with E-state index in [4.69, 9.17) is 4.74 Å². The molecule has 4 nitrogen and oxygen atoms in total. The number of rotatable bonds is 5. The van der Waals surface area contributed by atoms with Gasteiger partial charge in [0.05, 0.1) is 24.4 Å². The van der Waals surface area contributed by atoms with Crippen molar-refractivity contribution in [2.24, 2.45) is 0 Å². The van der Waals surface area contributed by atoms with E-state index in [-0.39, 0.29) is 18.9 Å². The molecule has 0 atom stereocenters. The lowest BCUT2D eigenvalue weighted by Gasteiger charge is -2.09. The van der Waals surface area contributed by atoms with Gasteiger partial charge in [0.1, 0.15) is 5.75 Å². The van der Waals surface area contributed by atoms with E-state index in [9.17, 15) is 18.3 Å². The third-order valence-electron chi connectivity index (χ3n) is 3.58. The van der Waals surface area contributed by atoms with Crippen LogP contribution in [-0.2, 0) is 12.7 Å². The number of ether oxygens (including phenoxy) is 1. The first-order chi connectivity index (χ1) is 12.4. The van der Waals surface area contributed by atoms with E-state index in [1.165, 1.54) is 16.8 Å². The average molecular weight is 427 g/mol. The standard InChI is InChI=1S/C18H14BrF3N2O2/c19-14-3-1-2-12(10-14)16-11-17(24(23-16)8-9-25)26-15-6-4-13(5-7-15)18(20,21)22/h1-7,10-11,25H,8-9H2. The van der Waals surface area contributed by atoms with Crippen molar-refractivity contribution in [1.82, 2.24) is 9.78 Å². The molecule has 3 rings (SSSR count). The van der Waals surface area contributed by atoms with E-state index in [1.807, 2.05) is 24.3 Å². The molecule has 1 N–H and O–H groups in total. The molecule has 0 aliphatic carbocycles. The van der Waals surface area contributed by atoms with Crippen molar-refractivity contribution in [1.29, 1.82) is 0 Å². The van der Waals surface area contributed by atoms with Crippen molar-refractivity contribution in [2.75, 3.05) is 6.61 Å². The fourth-order valence-electron chi connectivity index (χ4n) is 2.36. The fourth-order valence-corrected chi connectivity index (χ4v) is 2.76. The Labute approximate surface area is 156 Å². The Hall–Kier alpha value is -2.32. The smallest absolute Gasteiger partial charge is 0.416 e. The average Bonchev–Trinajstić information content (AvgIpc) is 2.98. The zero-order valence-electron chi connectivity index (χ0n) is 13.4. The van der Waals surface area contributed by atoms with Gasteiger partial charge in [-0.1, -0.05) is 28.1 Å². The predicted molar refractivity (Wildman–Crippen MR) is 94.0 cm³/mol. The maximum Gasteiger partial charge on any atom is 0.416 e. The third-order valence-corrected chi connectivity index (χ3v) is 4.07. The summed E-state index contributed by atoms with van der Waals surface area (Å²) in [5, 5.41) is 13.6. The molecule has 3 aromatic rings. The molecular weight excluding hydrogens is 413 g/mol. The Kier molecular flexibility index (Phi) is 5.33. The molecule has 0 radical (unpaired) electrons.